The van der Waals surface area contributed by atoms with Crippen LogP contribution in [0.25, 0.3) is 0 Å². The highest BCUT2D eigenvalue weighted by Crippen LogP contribution is 2.35. The maximum Gasteiger partial charge on any atom is 0.416 e. The summed E-state index contributed by atoms with van der Waals surface area (Å²) in [6.07, 6.45) is 0.110. The van der Waals surface area contributed by atoms with Crippen molar-refractivity contribution >= 4 is 21.6 Å². The lowest BCUT2D eigenvalue weighted by Gasteiger charge is -2.32. The van der Waals surface area contributed by atoms with E-state index in [9.17, 15) is 13.2 Å². The lowest BCUT2D eigenvalue weighted by Crippen LogP contribution is -2.29. The second-order valence-electron chi connectivity index (χ2n) is 6.24. The third kappa shape index (κ3) is 4.63. The topological polar surface area (TPSA) is 12.0 Å². The summed E-state index contributed by atoms with van der Waals surface area (Å²) < 4.78 is 39.0. The highest BCUT2D eigenvalue weighted by molar-refractivity contribution is 9.10. The van der Waals surface area contributed by atoms with Crippen molar-refractivity contribution in [1.82, 2.24) is 0 Å². The van der Waals surface area contributed by atoms with Crippen molar-refractivity contribution < 1.29 is 13.2 Å². The standard InChI is InChI=1S/C16H21BrF3N/c1-10(2)11-4-3-5-14(6-11)21-15-8-12(16(18,19)20)7-13(17)9-15/h7-11,14,21H,3-6H2,1-2H3. The second kappa shape index (κ2) is 6.59. The molecule has 1 N–H and O–H groups in total. The van der Waals surface area contributed by atoms with Gasteiger partial charge in [0.05, 0.1) is 5.56 Å². The molecular formula is C16H21BrF3N. The molecule has 118 valence electrons. The van der Waals surface area contributed by atoms with Gasteiger partial charge >= 0.3 is 6.18 Å². The van der Waals surface area contributed by atoms with Gasteiger partial charge in [0.1, 0.15) is 0 Å². The summed E-state index contributed by atoms with van der Waals surface area (Å²) in [7, 11) is 0. The van der Waals surface area contributed by atoms with Gasteiger partial charge in [-0.25, -0.2) is 0 Å². The van der Waals surface area contributed by atoms with Gasteiger partial charge in [-0.15, -0.1) is 0 Å². The van der Waals surface area contributed by atoms with Crippen LogP contribution in [-0.2, 0) is 6.18 Å². The van der Waals surface area contributed by atoms with Crippen molar-refractivity contribution in [2.24, 2.45) is 11.8 Å². The van der Waals surface area contributed by atoms with Gasteiger partial charge in [0.25, 0.3) is 0 Å². The first-order chi connectivity index (χ1) is 9.75. The molecule has 0 saturated heterocycles. The molecule has 2 atom stereocenters. The predicted octanol–water partition coefficient (Wildman–Crippen LogP) is 6.09. The zero-order valence-corrected chi connectivity index (χ0v) is 13.9. The third-order valence-electron chi connectivity index (χ3n) is 4.25. The van der Waals surface area contributed by atoms with Gasteiger partial charge in [0, 0.05) is 16.2 Å². The summed E-state index contributed by atoms with van der Waals surface area (Å²) in [4.78, 5) is 0. The van der Waals surface area contributed by atoms with E-state index in [0.717, 1.165) is 25.3 Å². The molecule has 5 heteroatoms. The van der Waals surface area contributed by atoms with Crippen molar-refractivity contribution in [2.45, 2.75) is 51.7 Å². The highest BCUT2D eigenvalue weighted by Gasteiger charge is 2.31. The van der Waals surface area contributed by atoms with E-state index in [4.69, 9.17) is 0 Å². The molecule has 1 saturated carbocycles. The van der Waals surface area contributed by atoms with Crippen molar-refractivity contribution in [3.8, 4) is 0 Å². The normalized spacial score (nSPS) is 23.4. The van der Waals surface area contributed by atoms with Crippen LogP contribution in [0.1, 0.15) is 45.1 Å². The zero-order chi connectivity index (χ0) is 15.6. The molecule has 0 radical (unpaired) electrons. The van der Waals surface area contributed by atoms with Gasteiger partial charge in [-0.3, -0.25) is 0 Å². The maximum atomic E-state index is 12.8. The Labute approximate surface area is 132 Å². The maximum absolute atomic E-state index is 12.8. The minimum atomic E-state index is -4.31. The lowest BCUT2D eigenvalue weighted by atomic mass is 9.79. The van der Waals surface area contributed by atoms with Gasteiger partial charge in [0.15, 0.2) is 0 Å². The molecule has 0 spiro atoms. The van der Waals surface area contributed by atoms with E-state index in [-0.39, 0.29) is 6.04 Å². The monoisotopic (exact) mass is 363 g/mol. The molecule has 0 aromatic heterocycles. The molecule has 0 aliphatic heterocycles. The summed E-state index contributed by atoms with van der Waals surface area (Å²) in [5.41, 5.74) is -0.0679. The van der Waals surface area contributed by atoms with Gasteiger partial charge in [-0.2, -0.15) is 13.2 Å². The Morgan fingerprint density at radius 1 is 1.19 bits per heavy atom. The summed E-state index contributed by atoms with van der Waals surface area (Å²) in [6, 6.07) is 4.29. The Morgan fingerprint density at radius 2 is 1.90 bits per heavy atom. The third-order valence-corrected chi connectivity index (χ3v) is 4.71. The molecule has 2 rings (SSSR count). The fraction of sp³-hybridized carbons (Fsp3) is 0.625. The number of halogens is 4. The summed E-state index contributed by atoms with van der Waals surface area (Å²) in [6.45, 7) is 4.43. The predicted molar refractivity (Wildman–Crippen MR) is 83.4 cm³/mol. The minimum absolute atomic E-state index is 0.265. The molecule has 1 aliphatic rings. The van der Waals surface area contributed by atoms with Crippen LogP contribution in [0.4, 0.5) is 18.9 Å². The van der Waals surface area contributed by atoms with Crippen LogP contribution in [0.5, 0.6) is 0 Å². The molecule has 1 nitrogen and oxygen atoms in total. The lowest BCUT2D eigenvalue weighted by molar-refractivity contribution is -0.137. The molecule has 1 aromatic rings. The van der Waals surface area contributed by atoms with Gasteiger partial charge in [0.2, 0.25) is 0 Å². The Balaban J connectivity index is 2.10. The number of alkyl halides is 3. The van der Waals surface area contributed by atoms with Crippen LogP contribution in [0.3, 0.4) is 0 Å². The Bertz CT molecular complexity index is 485. The van der Waals surface area contributed by atoms with Crippen LogP contribution in [0.15, 0.2) is 22.7 Å². The fourth-order valence-electron chi connectivity index (χ4n) is 3.04. The van der Waals surface area contributed by atoms with Crippen LogP contribution in [0, 0.1) is 11.8 Å². The molecule has 1 aliphatic carbocycles. The van der Waals surface area contributed by atoms with E-state index in [1.165, 1.54) is 12.5 Å². The number of hydrogen-bond acceptors (Lipinski definition) is 1. The van der Waals surface area contributed by atoms with E-state index in [1.807, 2.05) is 0 Å². The van der Waals surface area contributed by atoms with E-state index in [0.29, 0.717) is 22.0 Å². The first kappa shape index (κ1) is 16.7. The first-order valence-corrected chi connectivity index (χ1v) is 8.19. The number of hydrogen-bond donors (Lipinski definition) is 1. The minimum Gasteiger partial charge on any atom is -0.382 e. The van der Waals surface area contributed by atoms with Crippen molar-refractivity contribution in [1.29, 1.82) is 0 Å². The first-order valence-electron chi connectivity index (χ1n) is 7.40. The Morgan fingerprint density at radius 3 is 2.52 bits per heavy atom. The number of benzene rings is 1. The molecule has 1 fully saturated rings. The van der Waals surface area contributed by atoms with E-state index in [1.54, 1.807) is 6.07 Å². The van der Waals surface area contributed by atoms with Gasteiger partial charge in [-0.05, 0) is 42.9 Å². The molecule has 0 amide bonds. The largest absolute Gasteiger partial charge is 0.416 e. The molecule has 0 heterocycles. The number of anilines is 1. The molecular weight excluding hydrogens is 343 g/mol. The van der Waals surface area contributed by atoms with Crippen molar-refractivity contribution in [3.05, 3.63) is 28.2 Å². The van der Waals surface area contributed by atoms with Crippen molar-refractivity contribution in [2.75, 3.05) is 5.32 Å². The van der Waals surface area contributed by atoms with E-state index in [2.05, 4.69) is 35.1 Å². The highest BCUT2D eigenvalue weighted by atomic mass is 79.9. The van der Waals surface area contributed by atoms with Crippen LogP contribution >= 0.6 is 15.9 Å². The molecule has 2 unspecified atom stereocenters. The number of rotatable bonds is 3. The second-order valence-corrected chi connectivity index (χ2v) is 7.15. The van der Waals surface area contributed by atoms with Crippen LogP contribution in [0.2, 0.25) is 0 Å². The SMILES string of the molecule is CC(C)C1CCCC(Nc2cc(Br)cc(C(F)(F)F)c2)C1. The Kier molecular flexibility index (Phi) is 5.23. The van der Waals surface area contributed by atoms with Crippen LogP contribution < -0.4 is 5.32 Å². The molecule has 21 heavy (non-hydrogen) atoms. The van der Waals surface area contributed by atoms with Crippen LogP contribution in [-0.4, -0.2) is 6.04 Å². The number of nitrogens with one attached hydrogen (secondary N) is 1. The fourth-order valence-corrected chi connectivity index (χ4v) is 3.53. The van der Waals surface area contributed by atoms with Crippen molar-refractivity contribution in [3.63, 3.8) is 0 Å². The average molecular weight is 364 g/mol. The molecule has 0 bridgehead atoms. The molecule has 1 aromatic carbocycles. The average Bonchev–Trinajstić information content (AvgIpc) is 2.37. The summed E-state index contributed by atoms with van der Waals surface area (Å²) in [5.74, 6) is 1.29. The van der Waals surface area contributed by atoms with E-state index < -0.39 is 11.7 Å². The van der Waals surface area contributed by atoms with Gasteiger partial charge in [-0.1, -0.05) is 42.6 Å². The Hall–Kier alpha value is -0.710. The quantitative estimate of drug-likeness (QED) is 0.684. The zero-order valence-electron chi connectivity index (χ0n) is 12.3. The van der Waals surface area contributed by atoms with Gasteiger partial charge < -0.3 is 5.32 Å². The summed E-state index contributed by atoms with van der Waals surface area (Å²) in [5, 5.41) is 3.29. The van der Waals surface area contributed by atoms with E-state index >= 15 is 0 Å². The summed E-state index contributed by atoms with van der Waals surface area (Å²) >= 11 is 3.17. The smallest absolute Gasteiger partial charge is 0.382 e.